The zero-order valence-corrected chi connectivity index (χ0v) is 14.6. The topological polar surface area (TPSA) is 79.3 Å². The van der Waals surface area contributed by atoms with E-state index in [-0.39, 0.29) is 12.3 Å². The van der Waals surface area contributed by atoms with E-state index < -0.39 is 5.97 Å². The molecule has 0 radical (unpaired) electrons. The molecule has 1 aromatic heterocycles. The quantitative estimate of drug-likeness (QED) is 0.646. The van der Waals surface area contributed by atoms with Gasteiger partial charge in [-0.25, -0.2) is 4.98 Å². The molecule has 0 atom stereocenters. The lowest BCUT2D eigenvalue weighted by Gasteiger charge is -1.99. The summed E-state index contributed by atoms with van der Waals surface area (Å²) in [6.07, 6.45) is 2.99. The summed E-state index contributed by atoms with van der Waals surface area (Å²) < 4.78 is 0. The molecule has 0 fully saturated rings. The van der Waals surface area contributed by atoms with Crippen LogP contribution in [0, 0.1) is 0 Å². The molecule has 2 aromatic carbocycles. The molecule has 0 saturated heterocycles. The number of carbonyl (C=O) groups is 2. The van der Waals surface area contributed by atoms with Crippen LogP contribution < -0.4 is 5.32 Å². The van der Waals surface area contributed by atoms with E-state index in [1.54, 1.807) is 6.08 Å². The van der Waals surface area contributed by atoms with Crippen LogP contribution in [0.5, 0.6) is 0 Å². The maximum Gasteiger partial charge on any atom is 0.308 e. The van der Waals surface area contributed by atoms with Gasteiger partial charge in [-0.3, -0.25) is 14.9 Å². The highest BCUT2D eigenvalue weighted by Gasteiger charge is 2.16. The number of aliphatic carboxylic acids is 1. The van der Waals surface area contributed by atoms with Crippen LogP contribution in [0.3, 0.4) is 0 Å². The molecule has 0 spiro atoms. The third-order valence-electron chi connectivity index (χ3n) is 3.51. The van der Waals surface area contributed by atoms with E-state index in [2.05, 4.69) is 10.3 Å². The van der Waals surface area contributed by atoms with Gasteiger partial charge in [-0.1, -0.05) is 60.7 Å². The van der Waals surface area contributed by atoms with Gasteiger partial charge in [-0.15, -0.1) is 11.3 Å². The van der Waals surface area contributed by atoms with Crippen LogP contribution >= 0.6 is 11.3 Å². The average molecular weight is 364 g/mol. The largest absolute Gasteiger partial charge is 0.481 e. The van der Waals surface area contributed by atoms with Crippen molar-refractivity contribution in [3.05, 3.63) is 77.2 Å². The maximum atomic E-state index is 12.1. The van der Waals surface area contributed by atoms with Crippen molar-refractivity contribution in [2.45, 2.75) is 6.42 Å². The number of carbonyl (C=O) groups excluding carboxylic acids is 1. The number of hydrogen-bond donors (Lipinski definition) is 2. The fourth-order valence-corrected chi connectivity index (χ4v) is 3.34. The molecule has 2 N–H and O–H groups in total. The Balaban J connectivity index is 1.79. The summed E-state index contributed by atoms with van der Waals surface area (Å²) in [6, 6.07) is 18.8. The first kappa shape index (κ1) is 17.6. The molecule has 0 bridgehead atoms. The van der Waals surface area contributed by atoms with Crippen molar-refractivity contribution in [3.8, 4) is 11.3 Å². The Hall–Kier alpha value is -3.25. The number of nitrogens with zero attached hydrogens (tertiary/aromatic N) is 1. The lowest BCUT2D eigenvalue weighted by atomic mass is 10.1. The van der Waals surface area contributed by atoms with Crippen molar-refractivity contribution in [2.24, 2.45) is 0 Å². The van der Waals surface area contributed by atoms with Crippen LogP contribution in [0.25, 0.3) is 17.3 Å². The summed E-state index contributed by atoms with van der Waals surface area (Å²) in [5.41, 5.74) is 2.32. The average Bonchev–Trinajstić information content (AvgIpc) is 3.03. The maximum absolute atomic E-state index is 12.1. The lowest BCUT2D eigenvalue weighted by molar-refractivity contribution is -0.136. The number of aromatic nitrogens is 1. The predicted octanol–water partition coefficient (Wildman–Crippen LogP) is 4.09. The van der Waals surface area contributed by atoms with Crippen LogP contribution in [0.2, 0.25) is 0 Å². The van der Waals surface area contributed by atoms with Gasteiger partial charge < -0.3 is 5.11 Å². The number of amides is 1. The fourth-order valence-electron chi connectivity index (χ4n) is 2.37. The first-order valence-corrected chi connectivity index (χ1v) is 8.74. The molecular weight excluding hydrogens is 348 g/mol. The molecular formula is C20H16N2O3S. The Labute approximate surface area is 154 Å². The van der Waals surface area contributed by atoms with Gasteiger partial charge in [0, 0.05) is 16.5 Å². The molecule has 0 aliphatic carbocycles. The highest BCUT2D eigenvalue weighted by atomic mass is 32.1. The molecule has 3 rings (SSSR count). The Morgan fingerprint density at radius 1 is 1.04 bits per heavy atom. The molecule has 3 aromatic rings. The second kappa shape index (κ2) is 8.22. The van der Waals surface area contributed by atoms with E-state index in [1.807, 2.05) is 60.7 Å². The number of hydrogen-bond acceptors (Lipinski definition) is 4. The highest BCUT2D eigenvalue weighted by molar-refractivity contribution is 7.16. The summed E-state index contributed by atoms with van der Waals surface area (Å²) in [6.45, 7) is 0. The van der Waals surface area contributed by atoms with Gasteiger partial charge in [0.1, 0.15) is 0 Å². The molecule has 26 heavy (non-hydrogen) atoms. The first-order valence-electron chi connectivity index (χ1n) is 7.93. The van der Waals surface area contributed by atoms with E-state index in [9.17, 15) is 9.59 Å². The third kappa shape index (κ3) is 4.64. The van der Waals surface area contributed by atoms with Crippen LogP contribution in [0.1, 0.15) is 10.4 Å². The van der Waals surface area contributed by atoms with E-state index in [0.29, 0.717) is 15.7 Å². The van der Waals surface area contributed by atoms with Crippen molar-refractivity contribution in [3.63, 3.8) is 0 Å². The molecule has 130 valence electrons. The summed E-state index contributed by atoms with van der Waals surface area (Å²) in [5.74, 6) is -1.25. The third-order valence-corrected chi connectivity index (χ3v) is 4.48. The van der Waals surface area contributed by atoms with Crippen molar-refractivity contribution in [1.82, 2.24) is 4.98 Å². The monoisotopic (exact) mass is 364 g/mol. The number of carboxylic acid groups (broad SMARTS) is 1. The number of rotatable bonds is 6. The number of benzene rings is 2. The summed E-state index contributed by atoms with van der Waals surface area (Å²) in [5, 5.41) is 12.2. The normalized spacial score (nSPS) is 10.8. The van der Waals surface area contributed by atoms with E-state index >= 15 is 0 Å². The summed E-state index contributed by atoms with van der Waals surface area (Å²) in [7, 11) is 0. The van der Waals surface area contributed by atoms with Gasteiger partial charge in [-0.2, -0.15) is 0 Å². The number of thiazole rings is 1. The molecule has 0 unspecified atom stereocenters. The molecule has 1 amide bonds. The zero-order chi connectivity index (χ0) is 18.4. The second-order valence-corrected chi connectivity index (χ2v) is 6.54. The summed E-state index contributed by atoms with van der Waals surface area (Å²) in [4.78, 5) is 28.3. The van der Waals surface area contributed by atoms with Crippen molar-refractivity contribution >= 4 is 34.4 Å². The summed E-state index contributed by atoms with van der Waals surface area (Å²) >= 11 is 1.17. The van der Waals surface area contributed by atoms with E-state index in [0.717, 1.165) is 11.1 Å². The fraction of sp³-hybridized carbons (Fsp3) is 0.0500. The Bertz CT molecular complexity index is 934. The minimum absolute atomic E-state index is 0.141. The van der Waals surface area contributed by atoms with Crippen LogP contribution in [0.15, 0.2) is 66.7 Å². The Morgan fingerprint density at radius 2 is 1.69 bits per heavy atom. The van der Waals surface area contributed by atoms with Gasteiger partial charge in [0.25, 0.3) is 0 Å². The van der Waals surface area contributed by atoms with E-state index in [1.165, 1.54) is 17.4 Å². The van der Waals surface area contributed by atoms with Crippen LogP contribution in [-0.4, -0.2) is 22.0 Å². The standard InChI is InChI=1S/C20H16N2O3S/c23-17(12-11-14-7-3-1-4-8-14)21-20-22-19(15-9-5-2-6-10-15)16(26-20)13-18(24)25/h1-12H,13H2,(H,24,25)(H,21,22,23)/b12-11+. The number of nitrogens with one attached hydrogen (secondary N) is 1. The first-order chi connectivity index (χ1) is 12.6. The van der Waals surface area contributed by atoms with Gasteiger partial charge >= 0.3 is 5.97 Å². The van der Waals surface area contributed by atoms with Crippen LogP contribution in [-0.2, 0) is 16.0 Å². The number of carboxylic acids is 1. The smallest absolute Gasteiger partial charge is 0.308 e. The van der Waals surface area contributed by atoms with E-state index in [4.69, 9.17) is 5.11 Å². The predicted molar refractivity (Wildman–Crippen MR) is 103 cm³/mol. The Kier molecular flexibility index (Phi) is 5.56. The number of anilines is 1. The zero-order valence-electron chi connectivity index (χ0n) is 13.8. The molecule has 0 saturated carbocycles. The van der Waals surface area contributed by atoms with Gasteiger partial charge in [-0.05, 0) is 11.6 Å². The molecule has 1 heterocycles. The minimum Gasteiger partial charge on any atom is -0.481 e. The van der Waals surface area contributed by atoms with Gasteiger partial charge in [0.15, 0.2) is 5.13 Å². The second-order valence-electron chi connectivity index (χ2n) is 5.46. The van der Waals surface area contributed by atoms with Crippen molar-refractivity contribution < 1.29 is 14.7 Å². The molecule has 0 aliphatic heterocycles. The van der Waals surface area contributed by atoms with Crippen LogP contribution in [0.4, 0.5) is 5.13 Å². The van der Waals surface area contributed by atoms with Crippen molar-refractivity contribution in [2.75, 3.05) is 5.32 Å². The van der Waals surface area contributed by atoms with Gasteiger partial charge in [0.2, 0.25) is 5.91 Å². The molecule has 0 aliphatic rings. The molecule has 6 heteroatoms. The highest BCUT2D eigenvalue weighted by Crippen LogP contribution is 2.31. The molecule has 5 nitrogen and oxygen atoms in total. The van der Waals surface area contributed by atoms with Gasteiger partial charge in [0.05, 0.1) is 12.1 Å². The Morgan fingerprint density at radius 3 is 2.35 bits per heavy atom. The lowest BCUT2D eigenvalue weighted by Crippen LogP contribution is -2.07. The SMILES string of the molecule is O=C(O)Cc1sc(NC(=O)/C=C/c2ccccc2)nc1-c1ccccc1. The minimum atomic E-state index is -0.937. The van der Waals surface area contributed by atoms with Crippen molar-refractivity contribution in [1.29, 1.82) is 0 Å².